The number of nitrogens with zero attached hydrogens (tertiary/aromatic N) is 2. The molecule has 1 aliphatic heterocycles. The molecule has 1 unspecified atom stereocenters. The molecule has 202 valence electrons. The van der Waals surface area contributed by atoms with E-state index >= 15 is 0 Å². The zero-order chi connectivity index (χ0) is 27.7. The van der Waals surface area contributed by atoms with Gasteiger partial charge in [-0.15, -0.1) is 0 Å². The molecule has 2 aliphatic rings. The Kier molecular flexibility index (Phi) is 8.12. The second kappa shape index (κ2) is 11.0. The predicted molar refractivity (Wildman–Crippen MR) is 151 cm³/mol. The molecule has 8 heteroatoms. The number of carbonyl (C=O) groups excluding carboxylic acids is 2. The van der Waals surface area contributed by atoms with Crippen LogP contribution in [0.3, 0.4) is 0 Å². The van der Waals surface area contributed by atoms with Gasteiger partial charge in [0.15, 0.2) is 0 Å². The molecule has 2 aromatic carbocycles. The Bertz CT molecular complexity index is 1240. The number of rotatable bonds is 7. The van der Waals surface area contributed by atoms with Crippen LogP contribution < -0.4 is 5.32 Å². The van der Waals surface area contributed by atoms with Crippen molar-refractivity contribution in [1.29, 1.82) is 0 Å². The van der Waals surface area contributed by atoms with E-state index in [9.17, 15) is 14.4 Å². The lowest BCUT2D eigenvalue weighted by Crippen LogP contribution is -2.50. The number of nitrogens with one attached hydrogen (secondary N) is 1. The molecule has 1 atom stereocenters. The van der Waals surface area contributed by atoms with Crippen LogP contribution in [0.25, 0.3) is 0 Å². The summed E-state index contributed by atoms with van der Waals surface area (Å²) >= 11 is 3.53. The second-order valence-corrected chi connectivity index (χ2v) is 12.4. The number of halogens is 1. The van der Waals surface area contributed by atoms with Gasteiger partial charge in [-0.05, 0) is 73.8 Å². The van der Waals surface area contributed by atoms with Crippen molar-refractivity contribution in [2.24, 2.45) is 16.3 Å². The Morgan fingerprint density at radius 2 is 1.82 bits per heavy atom. The third-order valence-electron chi connectivity index (χ3n) is 7.97. The largest absolute Gasteiger partial charge is 0.481 e. The summed E-state index contributed by atoms with van der Waals surface area (Å²) in [6.07, 6.45) is 3.50. The van der Waals surface area contributed by atoms with E-state index < -0.39 is 11.6 Å². The van der Waals surface area contributed by atoms with Gasteiger partial charge in [0.2, 0.25) is 0 Å². The number of carbonyl (C=O) groups is 3. The maximum absolute atomic E-state index is 14.0. The van der Waals surface area contributed by atoms with E-state index in [1.165, 1.54) is 0 Å². The number of aliphatic imine (C=N–C) groups is 1. The second-order valence-electron chi connectivity index (χ2n) is 11.5. The highest BCUT2D eigenvalue weighted by atomic mass is 79.9. The molecule has 7 nitrogen and oxygen atoms in total. The lowest BCUT2D eigenvalue weighted by atomic mass is 9.69. The Morgan fingerprint density at radius 1 is 1.16 bits per heavy atom. The van der Waals surface area contributed by atoms with E-state index in [2.05, 4.69) is 42.0 Å². The average molecular weight is 583 g/mol. The number of carboxylic acid groups (broad SMARTS) is 1. The Morgan fingerprint density at radius 3 is 2.39 bits per heavy atom. The van der Waals surface area contributed by atoms with Gasteiger partial charge >= 0.3 is 5.97 Å². The van der Waals surface area contributed by atoms with E-state index in [0.717, 1.165) is 41.3 Å². The topological polar surface area (TPSA) is 99.1 Å². The fourth-order valence-corrected chi connectivity index (χ4v) is 6.12. The molecular weight excluding hydrogens is 546 g/mol. The van der Waals surface area contributed by atoms with Crippen molar-refractivity contribution >= 4 is 39.4 Å². The highest BCUT2D eigenvalue weighted by molar-refractivity contribution is 9.10. The van der Waals surface area contributed by atoms with Crippen LogP contribution in [-0.2, 0) is 9.59 Å². The van der Waals surface area contributed by atoms with Crippen molar-refractivity contribution in [1.82, 2.24) is 10.2 Å². The molecule has 38 heavy (non-hydrogen) atoms. The van der Waals surface area contributed by atoms with E-state index in [4.69, 9.17) is 10.1 Å². The van der Waals surface area contributed by atoms with Gasteiger partial charge in [0.05, 0.1) is 12.5 Å². The standard InChI is InChI=1S/C30H36BrN3O4/c1-19(20-8-10-21(11-9-20)27(37)32-17-14-25(35)36)34-28(38)26(22-6-5-7-24(31)18-22)33-30(34)15-12-23(13-16-30)29(2,3)4/h5-11,18-19,23H,12-17H2,1-4H3,(H,32,37)(H,35,36). The third kappa shape index (κ3) is 5.85. The van der Waals surface area contributed by atoms with Crippen LogP contribution in [0, 0.1) is 11.3 Å². The summed E-state index contributed by atoms with van der Waals surface area (Å²) in [6, 6.07) is 14.7. The zero-order valence-electron chi connectivity index (χ0n) is 22.5. The first-order valence-corrected chi connectivity index (χ1v) is 14.0. The van der Waals surface area contributed by atoms with Crippen LogP contribution in [0.4, 0.5) is 0 Å². The minimum absolute atomic E-state index is 0.0692. The summed E-state index contributed by atoms with van der Waals surface area (Å²) in [4.78, 5) is 44.3. The van der Waals surface area contributed by atoms with E-state index in [0.29, 0.717) is 17.2 Å². The van der Waals surface area contributed by atoms with E-state index in [-0.39, 0.29) is 36.2 Å². The van der Waals surface area contributed by atoms with Crippen molar-refractivity contribution in [2.45, 2.75) is 71.5 Å². The maximum Gasteiger partial charge on any atom is 0.305 e. The van der Waals surface area contributed by atoms with Crippen molar-refractivity contribution in [3.63, 3.8) is 0 Å². The number of carboxylic acids is 1. The van der Waals surface area contributed by atoms with Crippen LogP contribution in [0.5, 0.6) is 0 Å². The van der Waals surface area contributed by atoms with Crippen LogP contribution in [0.1, 0.15) is 87.3 Å². The predicted octanol–water partition coefficient (Wildman–Crippen LogP) is 5.98. The highest BCUT2D eigenvalue weighted by Gasteiger charge is 2.51. The molecule has 2 amide bonds. The average Bonchev–Trinajstić information content (AvgIpc) is 3.14. The normalized spacial score (nSPS) is 22.3. The van der Waals surface area contributed by atoms with Crippen molar-refractivity contribution < 1.29 is 19.5 Å². The molecule has 1 heterocycles. The molecule has 0 bridgehead atoms. The smallest absolute Gasteiger partial charge is 0.305 e. The van der Waals surface area contributed by atoms with Crippen LogP contribution in [0.2, 0.25) is 0 Å². The summed E-state index contributed by atoms with van der Waals surface area (Å²) < 4.78 is 0.903. The molecule has 2 N–H and O–H groups in total. The SMILES string of the molecule is CC(c1ccc(C(=O)NCCC(=O)O)cc1)N1C(=O)C(c2cccc(Br)c2)=NC12CCC(C(C)(C)C)CC2. The lowest BCUT2D eigenvalue weighted by Gasteiger charge is -2.46. The molecule has 4 rings (SSSR count). The van der Waals surface area contributed by atoms with Crippen molar-refractivity contribution in [2.75, 3.05) is 6.54 Å². The number of aliphatic carboxylic acids is 1. The van der Waals surface area contributed by atoms with Gasteiger partial charge in [-0.25, -0.2) is 0 Å². The fourth-order valence-electron chi connectivity index (χ4n) is 5.72. The van der Waals surface area contributed by atoms with Gasteiger partial charge < -0.3 is 15.3 Å². The van der Waals surface area contributed by atoms with Gasteiger partial charge in [0.25, 0.3) is 11.8 Å². The first kappa shape index (κ1) is 28.0. The minimum Gasteiger partial charge on any atom is -0.481 e. The molecule has 1 aliphatic carbocycles. The van der Waals surface area contributed by atoms with Gasteiger partial charge in [-0.1, -0.05) is 61.0 Å². The van der Waals surface area contributed by atoms with Gasteiger partial charge in [0.1, 0.15) is 11.4 Å². The molecule has 1 saturated carbocycles. The van der Waals surface area contributed by atoms with Gasteiger partial charge in [-0.2, -0.15) is 0 Å². The third-order valence-corrected chi connectivity index (χ3v) is 8.46. The zero-order valence-corrected chi connectivity index (χ0v) is 24.0. The quantitative estimate of drug-likeness (QED) is 0.420. The maximum atomic E-state index is 14.0. The molecule has 0 aromatic heterocycles. The molecular formula is C30H36BrN3O4. The number of amides is 2. The first-order chi connectivity index (χ1) is 17.9. The number of benzene rings is 2. The highest BCUT2D eigenvalue weighted by Crippen LogP contribution is 2.49. The number of hydrogen-bond acceptors (Lipinski definition) is 4. The Hall–Kier alpha value is -3.00. The monoisotopic (exact) mass is 581 g/mol. The van der Waals surface area contributed by atoms with Crippen LogP contribution in [0.15, 0.2) is 58.0 Å². The summed E-state index contributed by atoms with van der Waals surface area (Å²) in [5.74, 6) is -0.774. The Balaban J connectivity index is 1.61. The fraction of sp³-hybridized carbons (Fsp3) is 0.467. The van der Waals surface area contributed by atoms with Crippen molar-refractivity contribution in [3.05, 3.63) is 69.7 Å². The van der Waals surface area contributed by atoms with E-state index in [1.54, 1.807) is 12.1 Å². The molecule has 0 saturated heterocycles. The minimum atomic E-state index is -0.959. The molecule has 1 fully saturated rings. The molecule has 2 aromatic rings. The first-order valence-electron chi connectivity index (χ1n) is 13.2. The van der Waals surface area contributed by atoms with E-state index in [1.807, 2.05) is 48.2 Å². The summed E-state index contributed by atoms with van der Waals surface area (Å²) in [6.45, 7) is 8.95. The van der Waals surface area contributed by atoms with Gasteiger partial charge in [-0.3, -0.25) is 19.4 Å². The summed E-state index contributed by atoms with van der Waals surface area (Å²) in [7, 11) is 0. The van der Waals surface area contributed by atoms with Crippen molar-refractivity contribution in [3.8, 4) is 0 Å². The molecule has 1 spiro atoms. The number of hydrogen-bond donors (Lipinski definition) is 2. The van der Waals surface area contributed by atoms with Crippen LogP contribution >= 0.6 is 15.9 Å². The van der Waals surface area contributed by atoms with Gasteiger partial charge in [0, 0.05) is 22.1 Å². The molecule has 0 radical (unpaired) electrons. The Labute approximate surface area is 232 Å². The summed E-state index contributed by atoms with van der Waals surface area (Å²) in [5.41, 5.74) is 2.29. The summed E-state index contributed by atoms with van der Waals surface area (Å²) in [5, 5.41) is 11.4. The lowest BCUT2D eigenvalue weighted by molar-refractivity contribution is -0.137. The van der Waals surface area contributed by atoms with Crippen LogP contribution in [-0.4, -0.2) is 45.7 Å².